The van der Waals surface area contributed by atoms with Crippen LogP contribution in [0, 0.1) is 11.6 Å². The Hall–Kier alpha value is -2.03. The van der Waals surface area contributed by atoms with Crippen molar-refractivity contribution < 1.29 is 23.1 Å². The van der Waals surface area contributed by atoms with E-state index in [1.807, 2.05) is 0 Å². The molecule has 2 aromatic rings. The number of benzene rings is 1. The molecule has 158 valence electrons. The van der Waals surface area contributed by atoms with Gasteiger partial charge in [0.15, 0.2) is 5.60 Å². The fraction of sp³-hybridized carbons (Fsp3) is 0.429. The molecule has 30 heavy (non-hydrogen) atoms. The van der Waals surface area contributed by atoms with Gasteiger partial charge in [0, 0.05) is 32.0 Å². The van der Waals surface area contributed by atoms with Crippen molar-refractivity contribution in [2.24, 2.45) is 0 Å². The van der Waals surface area contributed by atoms with Gasteiger partial charge in [0.25, 0.3) is 11.8 Å². The minimum absolute atomic E-state index is 0.135. The maximum atomic E-state index is 13.7. The summed E-state index contributed by atoms with van der Waals surface area (Å²) in [4.78, 5) is 29.9. The van der Waals surface area contributed by atoms with Gasteiger partial charge in [-0.2, -0.15) is 0 Å². The average Bonchev–Trinajstić information content (AvgIpc) is 3.38. The molecule has 1 aromatic heterocycles. The van der Waals surface area contributed by atoms with E-state index in [9.17, 15) is 18.4 Å². The monoisotopic (exact) mass is 452 g/mol. The van der Waals surface area contributed by atoms with Crippen LogP contribution in [0.5, 0.6) is 0 Å². The topological polar surface area (TPSA) is 49.9 Å². The van der Waals surface area contributed by atoms with Crippen LogP contribution in [-0.2, 0) is 9.53 Å². The molecule has 2 atom stereocenters. The number of carbonyl (C=O) groups excluding carboxylic acids is 2. The molecular weight excluding hydrogens is 434 g/mol. The van der Waals surface area contributed by atoms with Crippen molar-refractivity contribution >= 4 is 34.8 Å². The zero-order valence-corrected chi connectivity index (χ0v) is 17.5. The Labute approximate surface area is 181 Å². The lowest BCUT2D eigenvalue weighted by atomic mass is 9.89. The number of likely N-dealkylation sites (tertiary alicyclic amines) is 1. The predicted octanol–water partition coefficient (Wildman–Crippen LogP) is 4.37. The first-order chi connectivity index (χ1) is 14.4. The van der Waals surface area contributed by atoms with Gasteiger partial charge in [-0.3, -0.25) is 9.59 Å². The maximum absolute atomic E-state index is 13.7. The first kappa shape index (κ1) is 19.9. The molecule has 3 aliphatic heterocycles. The molecule has 5 rings (SSSR count). The van der Waals surface area contributed by atoms with E-state index < -0.39 is 29.5 Å². The Morgan fingerprint density at radius 2 is 1.87 bits per heavy atom. The van der Waals surface area contributed by atoms with Crippen molar-refractivity contribution in [2.75, 3.05) is 13.1 Å². The number of ether oxygens (including phenoxy) is 1. The van der Waals surface area contributed by atoms with Crippen LogP contribution >= 0.6 is 22.9 Å². The fourth-order valence-corrected chi connectivity index (χ4v) is 5.90. The number of hydrogen-bond donors (Lipinski definition) is 0. The van der Waals surface area contributed by atoms with Crippen LogP contribution in [0.15, 0.2) is 29.6 Å². The van der Waals surface area contributed by atoms with Gasteiger partial charge in [0.2, 0.25) is 0 Å². The van der Waals surface area contributed by atoms with Gasteiger partial charge in [-0.25, -0.2) is 8.78 Å². The summed E-state index contributed by atoms with van der Waals surface area (Å²) in [5.74, 6) is -1.60. The molecule has 1 spiro atoms. The second-order valence-corrected chi connectivity index (χ2v) is 9.29. The molecule has 1 aromatic carbocycles. The lowest BCUT2D eigenvalue weighted by molar-refractivity contribution is -0.142. The number of nitrogens with zero attached hydrogens (tertiary/aromatic N) is 2. The fourth-order valence-electron chi connectivity index (χ4n) is 4.80. The van der Waals surface area contributed by atoms with Gasteiger partial charge in [-0.05, 0) is 42.0 Å². The van der Waals surface area contributed by atoms with Gasteiger partial charge in [0.1, 0.15) is 22.7 Å². The predicted molar refractivity (Wildman–Crippen MR) is 107 cm³/mol. The number of carbonyl (C=O) groups is 2. The first-order valence-corrected chi connectivity index (χ1v) is 11.1. The highest BCUT2D eigenvalue weighted by Gasteiger charge is 2.58. The molecule has 0 bridgehead atoms. The van der Waals surface area contributed by atoms with Crippen LogP contribution in [0.1, 0.15) is 47.0 Å². The minimum Gasteiger partial charge on any atom is -0.342 e. The van der Waals surface area contributed by atoms with E-state index in [1.165, 1.54) is 23.5 Å². The molecular formula is C21H19ClF2N2O3S. The second-order valence-electron chi connectivity index (χ2n) is 7.97. The van der Waals surface area contributed by atoms with E-state index in [2.05, 4.69) is 0 Å². The van der Waals surface area contributed by atoms with Crippen LogP contribution < -0.4 is 0 Å². The largest absolute Gasteiger partial charge is 0.342 e. The van der Waals surface area contributed by atoms with Crippen molar-refractivity contribution in [2.45, 2.75) is 43.6 Å². The third-order valence-electron chi connectivity index (χ3n) is 6.26. The van der Waals surface area contributed by atoms with E-state index in [-0.39, 0.29) is 11.8 Å². The number of thiophene rings is 1. The maximum Gasteiger partial charge on any atom is 0.265 e. The normalized spacial score (nSPS) is 25.2. The van der Waals surface area contributed by atoms with Gasteiger partial charge in [0.05, 0.1) is 11.1 Å². The van der Waals surface area contributed by atoms with Crippen molar-refractivity contribution in [3.8, 4) is 0 Å². The molecule has 0 aliphatic carbocycles. The third kappa shape index (κ3) is 3.13. The number of piperidine rings is 1. The average molecular weight is 453 g/mol. The highest BCUT2D eigenvalue weighted by molar-refractivity contribution is 7.12. The molecule has 2 amide bonds. The Balaban J connectivity index is 1.33. The standard InChI is InChI=1S/C21H19ClF2N2O3S/c22-15-3-8-30-18(15)19(27)25-6-4-21(5-7-25)20(28)26-16(1-2-17(26)29-21)12-9-13(23)11-14(24)10-12/h3,8-11,16-17H,1-2,4-7H2. The summed E-state index contributed by atoms with van der Waals surface area (Å²) >= 11 is 7.38. The quantitative estimate of drug-likeness (QED) is 0.679. The Bertz CT molecular complexity index is 1000. The van der Waals surface area contributed by atoms with Gasteiger partial charge in [-0.15, -0.1) is 11.3 Å². The summed E-state index contributed by atoms with van der Waals surface area (Å²) in [5, 5.41) is 2.21. The van der Waals surface area contributed by atoms with Crippen molar-refractivity contribution in [3.63, 3.8) is 0 Å². The Kier molecular flexibility index (Phi) is 4.83. The number of hydrogen-bond acceptors (Lipinski definition) is 4. The molecule has 0 N–H and O–H groups in total. The van der Waals surface area contributed by atoms with Crippen molar-refractivity contribution in [1.29, 1.82) is 0 Å². The van der Waals surface area contributed by atoms with E-state index in [4.69, 9.17) is 16.3 Å². The van der Waals surface area contributed by atoms with Gasteiger partial charge >= 0.3 is 0 Å². The van der Waals surface area contributed by atoms with E-state index in [0.717, 1.165) is 6.07 Å². The summed E-state index contributed by atoms with van der Waals surface area (Å²) in [7, 11) is 0. The van der Waals surface area contributed by atoms with Crippen LogP contribution in [-0.4, -0.2) is 46.5 Å². The van der Waals surface area contributed by atoms with Gasteiger partial charge in [-0.1, -0.05) is 11.6 Å². The lowest BCUT2D eigenvalue weighted by Crippen LogP contribution is -2.51. The van der Waals surface area contributed by atoms with E-state index >= 15 is 0 Å². The van der Waals surface area contributed by atoms with Gasteiger partial charge < -0.3 is 14.5 Å². The zero-order valence-electron chi connectivity index (χ0n) is 15.9. The first-order valence-electron chi connectivity index (χ1n) is 9.87. The summed E-state index contributed by atoms with van der Waals surface area (Å²) in [5.41, 5.74) is -0.533. The highest BCUT2D eigenvalue weighted by atomic mass is 35.5. The Morgan fingerprint density at radius 1 is 1.17 bits per heavy atom. The smallest absolute Gasteiger partial charge is 0.265 e. The number of rotatable bonds is 2. The van der Waals surface area contributed by atoms with E-state index in [1.54, 1.807) is 21.2 Å². The molecule has 3 aliphatic rings. The molecule has 4 heterocycles. The molecule has 9 heteroatoms. The summed E-state index contributed by atoms with van der Waals surface area (Å²) < 4.78 is 33.6. The second kappa shape index (κ2) is 7.28. The zero-order chi connectivity index (χ0) is 21.0. The molecule has 3 saturated heterocycles. The van der Waals surface area contributed by atoms with Crippen LogP contribution in [0.25, 0.3) is 0 Å². The number of halogens is 3. The molecule has 0 radical (unpaired) electrons. The van der Waals surface area contributed by atoms with Crippen LogP contribution in [0.4, 0.5) is 8.78 Å². The summed E-state index contributed by atoms with van der Waals surface area (Å²) in [6.07, 6.45) is 1.58. The molecule has 0 saturated carbocycles. The molecule has 5 nitrogen and oxygen atoms in total. The van der Waals surface area contributed by atoms with Crippen LogP contribution in [0.3, 0.4) is 0 Å². The van der Waals surface area contributed by atoms with Crippen LogP contribution in [0.2, 0.25) is 5.02 Å². The number of fused-ring (bicyclic) bond motifs is 1. The highest BCUT2D eigenvalue weighted by Crippen LogP contribution is 2.48. The molecule has 2 unspecified atom stereocenters. The summed E-state index contributed by atoms with van der Waals surface area (Å²) in [6, 6.07) is 4.67. The lowest BCUT2D eigenvalue weighted by Gasteiger charge is -2.37. The molecule has 3 fully saturated rings. The van der Waals surface area contributed by atoms with Crippen molar-refractivity contribution in [1.82, 2.24) is 9.80 Å². The third-order valence-corrected chi connectivity index (χ3v) is 7.59. The minimum atomic E-state index is -0.981. The Morgan fingerprint density at radius 3 is 2.50 bits per heavy atom. The van der Waals surface area contributed by atoms with Crippen molar-refractivity contribution in [3.05, 3.63) is 56.7 Å². The summed E-state index contributed by atoms with van der Waals surface area (Å²) in [6.45, 7) is 0.775. The van der Waals surface area contributed by atoms with E-state index in [0.29, 0.717) is 54.2 Å². The SMILES string of the molecule is O=C(c1sccc1Cl)N1CCC2(CC1)OC1CCC(c3cc(F)cc(F)c3)N1C2=O. The number of amides is 2.